The second kappa shape index (κ2) is 5.49. The number of nitrogens with one attached hydrogen (secondary N) is 1. The minimum absolute atomic E-state index is 0.00790. The number of rotatable bonds is 6. The Morgan fingerprint density at radius 2 is 2.18 bits per heavy atom. The minimum atomic E-state index is -0.319. The van der Waals surface area contributed by atoms with E-state index in [-0.39, 0.29) is 24.4 Å². The second-order valence-corrected chi connectivity index (χ2v) is 4.75. The maximum Gasteiger partial charge on any atom is 0.243 e. The number of nitrogens with zero attached hydrogens (tertiary/aromatic N) is 1. The summed E-state index contributed by atoms with van der Waals surface area (Å²) in [7, 11) is 0. The van der Waals surface area contributed by atoms with Crippen molar-refractivity contribution in [2.45, 2.75) is 32.2 Å². The maximum absolute atomic E-state index is 11.7. The molecular formula is C12H20N2O3. The Balaban J connectivity index is 1.77. The van der Waals surface area contributed by atoms with Gasteiger partial charge in [-0.1, -0.05) is 6.92 Å². The fourth-order valence-corrected chi connectivity index (χ4v) is 2.08. The van der Waals surface area contributed by atoms with Gasteiger partial charge >= 0.3 is 0 Å². The van der Waals surface area contributed by atoms with Gasteiger partial charge < -0.3 is 15.0 Å². The first-order valence-corrected chi connectivity index (χ1v) is 6.37. The van der Waals surface area contributed by atoms with E-state index in [0.29, 0.717) is 19.6 Å². The van der Waals surface area contributed by atoms with Crippen LogP contribution in [0.2, 0.25) is 0 Å². The Hall–Kier alpha value is -1.10. The van der Waals surface area contributed by atoms with Gasteiger partial charge in [-0.3, -0.25) is 9.59 Å². The molecule has 0 radical (unpaired) electrons. The Morgan fingerprint density at radius 3 is 2.82 bits per heavy atom. The second-order valence-electron chi connectivity index (χ2n) is 4.75. The first-order valence-electron chi connectivity index (χ1n) is 6.37. The van der Waals surface area contributed by atoms with E-state index in [2.05, 4.69) is 5.32 Å². The van der Waals surface area contributed by atoms with Crippen LogP contribution in [0.1, 0.15) is 26.2 Å². The third-order valence-corrected chi connectivity index (χ3v) is 3.33. The van der Waals surface area contributed by atoms with Crippen molar-refractivity contribution in [1.29, 1.82) is 0 Å². The summed E-state index contributed by atoms with van der Waals surface area (Å²) in [5.74, 6) is 0.679. The quantitative estimate of drug-likeness (QED) is 0.672. The van der Waals surface area contributed by atoms with E-state index in [1.54, 1.807) is 4.90 Å². The van der Waals surface area contributed by atoms with E-state index >= 15 is 0 Å². The molecule has 5 nitrogen and oxygen atoms in total. The van der Waals surface area contributed by atoms with Crippen molar-refractivity contribution in [1.82, 2.24) is 10.2 Å². The lowest BCUT2D eigenvalue weighted by molar-refractivity contribution is -0.146. The van der Waals surface area contributed by atoms with Gasteiger partial charge in [-0.15, -0.1) is 0 Å². The van der Waals surface area contributed by atoms with Crippen LogP contribution in [0.5, 0.6) is 0 Å². The average Bonchev–Trinajstić information content (AvgIpc) is 3.12. The first kappa shape index (κ1) is 12.4. The fraction of sp³-hybridized carbons (Fsp3) is 0.833. The Morgan fingerprint density at radius 1 is 1.41 bits per heavy atom. The van der Waals surface area contributed by atoms with Gasteiger partial charge in [0.1, 0.15) is 6.04 Å². The van der Waals surface area contributed by atoms with E-state index < -0.39 is 0 Å². The van der Waals surface area contributed by atoms with E-state index in [1.165, 1.54) is 12.8 Å². The van der Waals surface area contributed by atoms with Gasteiger partial charge in [0.15, 0.2) is 0 Å². The van der Waals surface area contributed by atoms with Gasteiger partial charge in [-0.05, 0) is 25.2 Å². The molecule has 1 saturated heterocycles. The molecule has 2 aliphatic rings. The molecule has 1 N–H and O–H groups in total. The van der Waals surface area contributed by atoms with Crippen molar-refractivity contribution in [3.05, 3.63) is 0 Å². The summed E-state index contributed by atoms with van der Waals surface area (Å²) in [6.45, 7) is 3.90. The lowest BCUT2D eigenvalue weighted by Gasteiger charge is -2.34. The molecule has 2 fully saturated rings. The van der Waals surface area contributed by atoms with Crippen molar-refractivity contribution in [2.24, 2.45) is 5.92 Å². The number of hydrogen-bond acceptors (Lipinski definition) is 3. The number of carbonyl (C=O) groups excluding carboxylic acids is 2. The largest absolute Gasteiger partial charge is 0.379 e. The molecule has 0 spiro atoms. The summed E-state index contributed by atoms with van der Waals surface area (Å²) in [6.07, 6.45) is 3.19. The number of amides is 2. The molecule has 1 heterocycles. The molecule has 1 unspecified atom stereocenters. The molecule has 0 bridgehead atoms. The molecule has 1 atom stereocenters. The topological polar surface area (TPSA) is 58.6 Å². The summed E-state index contributed by atoms with van der Waals surface area (Å²) in [6, 6.07) is -0.319. The van der Waals surface area contributed by atoms with Crippen LogP contribution in [-0.2, 0) is 14.3 Å². The predicted octanol–water partition coefficient (Wildman–Crippen LogP) is 0.150. The molecule has 0 aromatic rings. The lowest BCUT2D eigenvalue weighted by atomic mass is 10.1. The molecular weight excluding hydrogens is 220 g/mol. The summed E-state index contributed by atoms with van der Waals surface area (Å²) >= 11 is 0. The van der Waals surface area contributed by atoms with Crippen molar-refractivity contribution >= 4 is 11.8 Å². The highest BCUT2D eigenvalue weighted by molar-refractivity contribution is 5.94. The highest BCUT2D eigenvalue weighted by atomic mass is 16.5. The van der Waals surface area contributed by atoms with Crippen LogP contribution >= 0.6 is 0 Å². The Kier molecular flexibility index (Phi) is 3.99. The molecule has 5 heteroatoms. The zero-order chi connectivity index (χ0) is 12.3. The van der Waals surface area contributed by atoms with Crippen molar-refractivity contribution in [3.8, 4) is 0 Å². The molecule has 1 aliphatic heterocycles. The van der Waals surface area contributed by atoms with Crippen molar-refractivity contribution in [3.63, 3.8) is 0 Å². The molecule has 96 valence electrons. The average molecular weight is 240 g/mol. The fourth-order valence-electron chi connectivity index (χ4n) is 2.08. The molecule has 1 saturated carbocycles. The van der Waals surface area contributed by atoms with E-state index in [4.69, 9.17) is 4.74 Å². The normalized spacial score (nSPS) is 25.0. The highest BCUT2D eigenvalue weighted by Crippen LogP contribution is 2.28. The Bertz CT molecular complexity index is 302. The van der Waals surface area contributed by atoms with Crippen molar-refractivity contribution < 1.29 is 14.3 Å². The van der Waals surface area contributed by atoms with Crippen LogP contribution in [0.15, 0.2) is 0 Å². The van der Waals surface area contributed by atoms with Crippen LogP contribution in [0.3, 0.4) is 0 Å². The third kappa shape index (κ3) is 3.19. The third-order valence-electron chi connectivity index (χ3n) is 3.33. The molecule has 2 rings (SSSR count). The molecule has 1 aliphatic carbocycles. The summed E-state index contributed by atoms with van der Waals surface area (Å²) in [5, 5.41) is 2.61. The van der Waals surface area contributed by atoms with E-state index in [0.717, 1.165) is 12.5 Å². The van der Waals surface area contributed by atoms with Gasteiger partial charge in [0, 0.05) is 13.2 Å². The van der Waals surface area contributed by atoms with Gasteiger partial charge in [0.05, 0.1) is 13.2 Å². The van der Waals surface area contributed by atoms with Gasteiger partial charge in [0.2, 0.25) is 11.8 Å². The van der Waals surface area contributed by atoms with E-state index in [9.17, 15) is 9.59 Å². The molecule has 17 heavy (non-hydrogen) atoms. The minimum Gasteiger partial charge on any atom is -0.379 e. The van der Waals surface area contributed by atoms with Crippen LogP contribution in [0.25, 0.3) is 0 Å². The zero-order valence-electron chi connectivity index (χ0n) is 10.3. The first-order chi connectivity index (χ1) is 8.22. The van der Waals surface area contributed by atoms with Crippen LogP contribution in [0.4, 0.5) is 0 Å². The number of ether oxygens (including phenoxy) is 1. The zero-order valence-corrected chi connectivity index (χ0v) is 10.3. The van der Waals surface area contributed by atoms with Crippen LogP contribution < -0.4 is 5.32 Å². The highest BCUT2D eigenvalue weighted by Gasteiger charge is 2.32. The maximum atomic E-state index is 11.7. The van der Waals surface area contributed by atoms with Gasteiger partial charge in [-0.25, -0.2) is 0 Å². The van der Waals surface area contributed by atoms with Gasteiger partial charge in [0.25, 0.3) is 0 Å². The lowest BCUT2D eigenvalue weighted by Crippen LogP contribution is -2.58. The number of carbonyl (C=O) groups is 2. The molecule has 0 aromatic heterocycles. The summed E-state index contributed by atoms with van der Waals surface area (Å²) in [4.78, 5) is 24.9. The molecule has 2 amide bonds. The standard InChI is InChI=1S/C12H20N2O3/c1-2-10-12(16)13-7-11(15)14(10)5-6-17-8-9-3-4-9/h9-10H,2-8H2,1H3,(H,13,16). The summed E-state index contributed by atoms with van der Waals surface area (Å²) < 4.78 is 5.51. The van der Waals surface area contributed by atoms with Crippen LogP contribution in [-0.4, -0.2) is 49.1 Å². The smallest absolute Gasteiger partial charge is 0.243 e. The van der Waals surface area contributed by atoms with Gasteiger partial charge in [-0.2, -0.15) is 0 Å². The van der Waals surface area contributed by atoms with Crippen LogP contribution in [0, 0.1) is 5.92 Å². The summed E-state index contributed by atoms with van der Waals surface area (Å²) in [5.41, 5.74) is 0. The molecule has 0 aromatic carbocycles. The predicted molar refractivity (Wildman–Crippen MR) is 62.3 cm³/mol. The monoisotopic (exact) mass is 240 g/mol. The number of hydrogen-bond donors (Lipinski definition) is 1. The Labute approximate surface area is 101 Å². The SMILES string of the molecule is CCC1C(=O)NCC(=O)N1CCOCC1CC1. The van der Waals surface area contributed by atoms with Crippen molar-refractivity contribution in [2.75, 3.05) is 26.3 Å². The van der Waals surface area contributed by atoms with E-state index in [1.807, 2.05) is 6.92 Å². The number of piperazine rings is 1.